The molecule has 3 rings (SSSR count). The molecule has 26 heavy (non-hydrogen) atoms. The molecule has 0 heterocycles. The van der Waals surface area contributed by atoms with Gasteiger partial charge in [0.25, 0.3) is 0 Å². The third-order valence-corrected chi connectivity index (χ3v) is 5.14. The van der Waals surface area contributed by atoms with E-state index in [9.17, 15) is 9.59 Å². The van der Waals surface area contributed by atoms with E-state index < -0.39 is 0 Å². The lowest BCUT2D eigenvalue weighted by molar-refractivity contribution is -0.117. The Labute approximate surface area is 161 Å². The van der Waals surface area contributed by atoms with E-state index >= 15 is 0 Å². The van der Waals surface area contributed by atoms with Gasteiger partial charge in [-0.05, 0) is 49.2 Å². The van der Waals surface area contributed by atoms with Crippen molar-refractivity contribution < 1.29 is 14.3 Å². The first-order valence-electron chi connectivity index (χ1n) is 8.22. The second-order valence-corrected chi connectivity index (χ2v) is 7.43. The summed E-state index contributed by atoms with van der Waals surface area (Å²) in [4.78, 5) is 24.9. The smallest absolute Gasteiger partial charge is 0.234 e. The summed E-state index contributed by atoms with van der Waals surface area (Å²) in [5.74, 6) is 0.909. The van der Waals surface area contributed by atoms with Crippen molar-refractivity contribution in [3.05, 3.63) is 47.5 Å². The van der Waals surface area contributed by atoms with Gasteiger partial charge in [0.05, 0.1) is 17.9 Å². The van der Waals surface area contributed by atoms with Crippen molar-refractivity contribution in [3.8, 4) is 5.75 Å². The van der Waals surface area contributed by atoms with Crippen LogP contribution in [0, 0.1) is 5.92 Å². The largest absolute Gasteiger partial charge is 0.495 e. The minimum Gasteiger partial charge on any atom is -0.495 e. The zero-order valence-electron chi connectivity index (χ0n) is 14.3. The average Bonchev–Trinajstić information content (AvgIpc) is 3.46. The molecule has 1 fully saturated rings. The second kappa shape index (κ2) is 8.47. The summed E-state index contributed by atoms with van der Waals surface area (Å²) < 4.78 is 5.09. The molecule has 0 atom stereocenters. The molecule has 2 N–H and O–H groups in total. The number of benzene rings is 2. The van der Waals surface area contributed by atoms with Gasteiger partial charge in [-0.1, -0.05) is 17.7 Å². The second-order valence-electron chi connectivity index (χ2n) is 5.98. The summed E-state index contributed by atoms with van der Waals surface area (Å²) in [7, 11) is 1.54. The SMILES string of the molecule is COc1ccc(NC(=O)CSc2cccc(NC(=O)C3CC3)c2)cc1Cl. The number of amides is 2. The Morgan fingerprint density at radius 1 is 1.15 bits per heavy atom. The monoisotopic (exact) mass is 390 g/mol. The minimum atomic E-state index is -0.136. The van der Waals surface area contributed by atoms with Crippen LogP contribution in [0.1, 0.15) is 12.8 Å². The Kier molecular flexibility index (Phi) is 6.06. The Hall–Kier alpha value is -2.18. The Balaban J connectivity index is 1.52. The molecule has 1 aliphatic carbocycles. The van der Waals surface area contributed by atoms with Gasteiger partial charge in [-0.3, -0.25) is 9.59 Å². The number of thioether (sulfide) groups is 1. The maximum absolute atomic E-state index is 12.1. The molecule has 0 aliphatic heterocycles. The van der Waals surface area contributed by atoms with Crippen molar-refractivity contribution in [1.82, 2.24) is 0 Å². The van der Waals surface area contributed by atoms with Crippen LogP contribution in [0.25, 0.3) is 0 Å². The first kappa shape index (κ1) is 18.6. The number of methoxy groups -OCH3 is 1. The summed E-state index contributed by atoms with van der Waals surface area (Å²) in [5.41, 5.74) is 1.38. The number of nitrogens with one attached hydrogen (secondary N) is 2. The number of carbonyl (C=O) groups is 2. The Morgan fingerprint density at radius 3 is 2.62 bits per heavy atom. The van der Waals surface area contributed by atoms with E-state index in [0.29, 0.717) is 16.5 Å². The molecule has 0 saturated heterocycles. The van der Waals surface area contributed by atoms with E-state index in [2.05, 4.69) is 10.6 Å². The van der Waals surface area contributed by atoms with Gasteiger partial charge in [-0.15, -0.1) is 11.8 Å². The number of hydrogen-bond donors (Lipinski definition) is 2. The van der Waals surface area contributed by atoms with Crippen molar-refractivity contribution >= 4 is 46.6 Å². The third-order valence-electron chi connectivity index (χ3n) is 3.86. The van der Waals surface area contributed by atoms with Crippen LogP contribution in [0.5, 0.6) is 5.75 Å². The van der Waals surface area contributed by atoms with Gasteiger partial charge < -0.3 is 15.4 Å². The summed E-state index contributed by atoms with van der Waals surface area (Å²) in [5, 5.41) is 6.16. The lowest BCUT2D eigenvalue weighted by atomic mass is 10.3. The van der Waals surface area contributed by atoms with Crippen molar-refractivity contribution in [3.63, 3.8) is 0 Å². The molecule has 5 nitrogen and oxygen atoms in total. The zero-order valence-corrected chi connectivity index (χ0v) is 15.8. The van der Waals surface area contributed by atoms with Gasteiger partial charge in [-0.25, -0.2) is 0 Å². The topological polar surface area (TPSA) is 67.4 Å². The molecule has 2 aromatic carbocycles. The predicted molar refractivity (Wildman–Crippen MR) is 105 cm³/mol. The number of ether oxygens (including phenoxy) is 1. The summed E-state index contributed by atoms with van der Waals surface area (Å²) in [6.07, 6.45) is 1.94. The standard InChI is InChI=1S/C19H19ClN2O3S/c1-25-17-8-7-14(10-16(17)20)21-18(23)11-26-15-4-2-3-13(9-15)22-19(24)12-5-6-12/h2-4,7-10,12H,5-6,11H2,1H3,(H,21,23)(H,22,24). The van der Waals surface area contributed by atoms with Crippen LogP contribution in [-0.2, 0) is 9.59 Å². The van der Waals surface area contributed by atoms with Gasteiger partial charge in [0, 0.05) is 22.2 Å². The van der Waals surface area contributed by atoms with Crippen LogP contribution in [0.15, 0.2) is 47.4 Å². The molecule has 136 valence electrons. The lowest BCUT2D eigenvalue weighted by Gasteiger charge is -2.09. The summed E-state index contributed by atoms with van der Waals surface area (Å²) >= 11 is 7.46. The highest BCUT2D eigenvalue weighted by Gasteiger charge is 2.29. The van der Waals surface area contributed by atoms with E-state index in [4.69, 9.17) is 16.3 Å². The van der Waals surface area contributed by atoms with Crippen molar-refractivity contribution in [1.29, 1.82) is 0 Å². The maximum Gasteiger partial charge on any atom is 0.234 e. The van der Waals surface area contributed by atoms with E-state index in [1.807, 2.05) is 24.3 Å². The highest BCUT2D eigenvalue weighted by atomic mass is 35.5. The van der Waals surface area contributed by atoms with Gasteiger partial charge in [0.2, 0.25) is 11.8 Å². The van der Waals surface area contributed by atoms with Gasteiger partial charge in [0.15, 0.2) is 0 Å². The van der Waals surface area contributed by atoms with Crippen LogP contribution in [0.2, 0.25) is 5.02 Å². The summed E-state index contributed by atoms with van der Waals surface area (Å²) in [6, 6.07) is 12.6. The molecule has 1 aliphatic rings. The van der Waals surface area contributed by atoms with Crippen molar-refractivity contribution in [2.24, 2.45) is 5.92 Å². The van der Waals surface area contributed by atoms with Crippen LogP contribution in [0.4, 0.5) is 11.4 Å². The fourth-order valence-corrected chi connectivity index (χ4v) is 3.36. The van der Waals surface area contributed by atoms with E-state index in [-0.39, 0.29) is 23.5 Å². The molecular formula is C19H19ClN2O3S. The predicted octanol–water partition coefficient (Wildman–Crippen LogP) is 4.43. The van der Waals surface area contributed by atoms with Crippen molar-refractivity contribution in [2.45, 2.75) is 17.7 Å². The Morgan fingerprint density at radius 2 is 1.92 bits per heavy atom. The zero-order chi connectivity index (χ0) is 18.5. The van der Waals surface area contributed by atoms with Gasteiger partial charge in [-0.2, -0.15) is 0 Å². The highest BCUT2D eigenvalue weighted by Crippen LogP contribution is 2.31. The number of anilines is 2. The Bertz CT molecular complexity index is 824. The molecule has 0 unspecified atom stereocenters. The number of carbonyl (C=O) groups excluding carboxylic acids is 2. The molecule has 0 bridgehead atoms. The van der Waals surface area contributed by atoms with Crippen LogP contribution in [0.3, 0.4) is 0 Å². The average molecular weight is 391 g/mol. The van der Waals surface area contributed by atoms with E-state index in [1.54, 1.807) is 18.2 Å². The fraction of sp³-hybridized carbons (Fsp3) is 0.263. The molecule has 0 spiro atoms. The van der Waals surface area contributed by atoms with E-state index in [1.165, 1.54) is 18.9 Å². The van der Waals surface area contributed by atoms with Crippen LogP contribution >= 0.6 is 23.4 Å². The minimum absolute atomic E-state index is 0.0706. The van der Waals surface area contributed by atoms with Crippen molar-refractivity contribution in [2.75, 3.05) is 23.5 Å². The van der Waals surface area contributed by atoms with Gasteiger partial charge in [0.1, 0.15) is 5.75 Å². The quantitative estimate of drug-likeness (QED) is 0.686. The molecule has 2 amide bonds. The van der Waals surface area contributed by atoms with E-state index in [0.717, 1.165) is 23.4 Å². The first-order chi connectivity index (χ1) is 12.5. The maximum atomic E-state index is 12.1. The summed E-state index contributed by atoms with van der Waals surface area (Å²) in [6.45, 7) is 0. The molecular weight excluding hydrogens is 372 g/mol. The fourth-order valence-electron chi connectivity index (χ4n) is 2.34. The third kappa shape index (κ3) is 5.16. The molecule has 0 radical (unpaired) electrons. The molecule has 2 aromatic rings. The lowest BCUT2D eigenvalue weighted by Crippen LogP contribution is -2.14. The molecule has 1 saturated carbocycles. The highest BCUT2D eigenvalue weighted by molar-refractivity contribution is 8.00. The number of halogens is 1. The van der Waals surface area contributed by atoms with Crippen LogP contribution < -0.4 is 15.4 Å². The normalized spacial score (nSPS) is 13.2. The number of rotatable bonds is 7. The molecule has 0 aromatic heterocycles. The van der Waals surface area contributed by atoms with Crippen LogP contribution in [-0.4, -0.2) is 24.7 Å². The molecule has 7 heteroatoms. The first-order valence-corrected chi connectivity index (χ1v) is 9.58. The van der Waals surface area contributed by atoms with Gasteiger partial charge >= 0.3 is 0 Å². The number of hydrogen-bond acceptors (Lipinski definition) is 4.